The number of benzene rings is 1. The molecule has 7 heteroatoms. The Balaban J connectivity index is 2.26. The Morgan fingerprint density at radius 2 is 2.16 bits per heavy atom. The molecule has 0 radical (unpaired) electrons. The highest BCUT2D eigenvalue weighted by Gasteiger charge is 2.17. The zero-order valence-electron chi connectivity index (χ0n) is 10.9. The van der Waals surface area contributed by atoms with E-state index in [1.54, 1.807) is 32.9 Å². The second-order valence-corrected chi connectivity index (χ2v) is 5.50. The molecule has 0 saturated carbocycles. The second-order valence-electron chi connectivity index (χ2n) is 5.13. The highest BCUT2D eigenvalue weighted by atomic mass is 35.5. The van der Waals surface area contributed by atoms with Crippen LogP contribution in [-0.4, -0.2) is 21.9 Å². The molecule has 0 aliphatic heterocycles. The number of nitrogens with one attached hydrogen (secondary N) is 2. The van der Waals surface area contributed by atoms with E-state index >= 15 is 0 Å². The average molecular weight is 283 g/mol. The molecule has 0 fully saturated rings. The molecule has 6 nitrogen and oxygen atoms in total. The topological polar surface area (TPSA) is 93.0 Å². The van der Waals surface area contributed by atoms with Crippen LogP contribution in [0.1, 0.15) is 20.8 Å². The summed E-state index contributed by atoms with van der Waals surface area (Å²) in [5.74, 6) is 0. The summed E-state index contributed by atoms with van der Waals surface area (Å²) >= 11 is 5.94. The predicted octanol–water partition coefficient (Wildman–Crippen LogP) is 3.15. The third-order valence-electron chi connectivity index (χ3n) is 2.29. The fourth-order valence-electron chi connectivity index (χ4n) is 1.61. The normalized spacial score (nSPS) is 11.6. The number of nitrogens with two attached hydrogens (primary N) is 1. The van der Waals surface area contributed by atoms with Gasteiger partial charge in [-0.25, -0.2) is 4.79 Å². The van der Waals surface area contributed by atoms with E-state index in [9.17, 15) is 4.79 Å². The van der Waals surface area contributed by atoms with Crippen molar-refractivity contribution in [2.45, 2.75) is 26.4 Å². The summed E-state index contributed by atoms with van der Waals surface area (Å²) in [6.07, 6.45) is -0.550. The molecular formula is C12H15ClN4O2. The summed E-state index contributed by atoms with van der Waals surface area (Å²) in [4.78, 5) is 11.7. The van der Waals surface area contributed by atoms with Gasteiger partial charge >= 0.3 is 6.09 Å². The third kappa shape index (κ3) is 3.08. The first-order valence-corrected chi connectivity index (χ1v) is 6.07. The van der Waals surface area contributed by atoms with Crippen molar-refractivity contribution in [2.24, 2.45) is 0 Å². The molecule has 1 amide bonds. The first-order valence-electron chi connectivity index (χ1n) is 5.69. The Bertz CT molecular complexity index is 630. The number of anilines is 2. The largest absolute Gasteiger partial charge is 0.444 e. The molecule has 2 aromatic rings. The number of aromatic amines is 1. The number of hydrogen-bond acceptors (Lipinski definition) is 4. The molecule has 0 bridgehead atoms. The van der Waals surface area contributed by atoms with Gasteiger partial charge in [0, 0.05) is 11.1 Å². The quantitative estimate of drug-likeness (QED) is 0.701. The molecule has 1 aromatic heterocycles. The molecule has 4 N–H and O–H groups in total. The van der Waals surface area contributed by atoms with E-state index in [-0.39, 0.29) is 0 Å². The van der Waals surface area contributed by atoms with Crippen molar-refractivity contribution in [1.82, 2.24) is 10.2 Å². The van der Waals surface area contributed by atoms with Crippen LogP contribution in [0, 0.1) is 0 Å². The molecular weight excluding hydrogens is 268 g/mol. The molecule has 1 aromatic carbocycles. The average Bonchev–Trinajstić information content (AvgIpc) is 2.58. The minimum atomic E-state index is -0.562. The number of rotatable bonds is 1. The Morgan fingerprint density at radius 1 is 1.47 bits per heavy atom. The minimum absolute atomic E-state index is 0.370. The van der Waals surface area contributed by atoms with E-state index in [1.807, 2.05) is 0 Å². The van der Waals surface area contributed by atoms with Crippen LogP contribution in [0.3, 0.4) is 0 Å². The van der Waals surface area contributed by atoms with Gasteiger partial charge in [-0.1, -0.05) is 11.6 Å². The van der Waals surface area contributed by atoms with E-state index in [0.29, 0.717) is 27.4 Å². The molecule has 102 valence electrons. The van der Waals surface area contributed by atoms with Gasteiger partial charge in [0.25, 0.3) is 0 Å². The second kappa shape index (κ2) is 4.62. The predicted molar refractivity (Wildman–Crippen MR) is 75.4 cm³/mol. The number of aromatic nitrogens is 2. The van der Waals surface area contributed by atoms with Gasteiger partial charge in [-0.15, -0.1) is 0 Å². The zero-order chi connectivity index (χ0) is 14.2. The van der Waals surface area contributed by atoms with Crippen molar-refractivity contribution in [2.75, 3.05) is 11.1 Å². The number of nitrogen functional groups attached to an aromatic ring is 1. The van der Waals surface area contributed by atoms with Gasteiger partial charge in [0.15, 0.2) is 0 Å². The Morgan fingerprint density at radius 3 is 2.79 bits per heavy atom. The van der Waals surface area contributed by atoms with Crippen molar-refractivity contribution >= 4 is 40.0 Å². The monoisotopic (exact) mass is 282 g/mol. The number of hydrogen-bond donors (Lipinski definition) is 3. The highest BCUT2D eigenvalue weighted by molar-refractivity contribution is 6.34. The van der Waals surface area contributed by atoms with Crippen molar-refractivity contribution in [1.29, 1.82) is 0 Å². The number of fused-ring (bicyclic) bond motifs is 1. The first kappa shape index (κ1) is 13.5. The fraction of sp³-hybridized carbons (Fsp3) is 0.333. The van der Waals surface area contributed by atoms with Crippen LogP contribution in [0.4, 0.5) is 16.2 Å². The van der Waals surface area contributed by atoms with Crippen molar-refractivity contribution in [3.63, 3.8) is 0 Å². The summed E-state index contributed by atoms with van der Waals surface area (Å²) in [7, 11) is 0. The summed E-state index contributed by atoms with van der Waals surface area (Å²) in [5.41, 5.74) is 6.77. The molecule has 2 rings (SSSR count). The minimum Gasteiger partial charge on any atom is -0.444 e. The van der Waals surface area contributed by atoms with E-state index in [4.69, 9.17) is 22.1 Å². The van der Waals surface area contributed by atoms with Gasteiger partial charge in [0.1, 0.15) is 16.3 Å². The maximum atomic E-state index is 11.7. The standard InChI is InChI=1S/C12H15ClN4O2/c1-12(2,3)19-11(18)15-6-4-7-9(8(14)5-6)16-17-10(7)13/h4-5H,14H2,1-3H3,(H,15,18)(H,16,17). The molecule has 0 aliphatic rings. The van der Waals surface area contributed by atoms with Gasteiger partial charge in [0.2, 0.25) is 0 Å². The van der Waals surface area contributed by atoms with Gasteiger partial charge in [0.05, 0.1) is 5.69 Å². The first-order chi connectivity index (χ1) is 8.76. The maximum Gasteiger partial charge on any atom is 0.412 e. The van der Waals surface area contributed by atoms with Crippen LogP contribution >= 0.6 is 11.6 Å². The van der Waals surface area contributed by atoms with Gasteiger partial charge in [-0.05, 0) is 32.9 Å². The molecule has 19 heavy (non-hydrogen) atoms. The highest BCUT2D eigenvalue weighted by Crippen LogP contribution is 2.29. The van der Waals surface area contributed by atoms with Gasteiger partial charge in [-0.2, -0.15) is 5.10 Å². The van der Waals surface area contributed by atoms with E-state index in [0.717, 1.165) is 0 Å². The molecule has 0 saturated heterocycles. The molecule has 0 spiro atoms. The third-order valence-corrected chi connectivity index (χ3v) is 2.58. The Labute approximate surface area is 115 Å². The number of ether oxygens (including phenoxy) is 1. The molecule has 0 aliphatic carbocycles. The summed E-state index contributed by atoms with van der Waals surface area (Å²) in [6, 6.07) is 3.28. The smallest absolute Gasteiger partial charge is 0.412 e. The van der Waals surface area contributed by atoms with Crippen molar-refractivity contribution in [3.8, 4) is 0 Å². The summed E-state index contributed by atoms with van der Waals surface area (Å²) in [5, 5.41) is 10.2. The maximum absolute atomic E-state index is 11.7. The Kier molecular flexibility index (Phi) is 3.28. The molecule has 0 atom stereocenters. The van der Waals surface area contributed by atoms with Crippen LogP contribution < -0.4 is 11.1 Å². The lowest BCUT2D eigenvalue weighted by molar-refractivity contribution is 0.0636. The number of carbonyl (C=O) groups is 1. The van der Waals surface area contributed by atoms with E-state index in [1.165, 1.54) is 0 Å². The molecule has 1 heterocycles. The SMILES string of the molecule is CC(C)(C)OC(=O)Nc1cc(N)c2n[nH]c(Cl)c2c1. The van der Waals surface area contributed by atoms with Crippen LogP contribution in [0.15, 0.2) is 12.1 Å². The number of nitrogens with zero attached hydrogens (tertiary/aromatic N) is 1. The van der Waals surface area contributed by atoms with Crippen LogP contribution in [0.2, 0.25) is 5.15 Å². The lowest BCUT2D eigenvalue weighted by atomic mass is 10.2. The molecule has 0 unspecified atom stereocenters. The number of halogens is 1. The number of H-pyrrole nitrogens is 1. The van der Waals surface area contributed by atoms with Crippen molar-refractivity contribution < 1.29 is 9.53 Å². The van der Waals surface area contributed by atoms with Crippen LogP contribution in [-0.2, 0) is 4.74 Å². The summed E-state index contributed by atoms with van der Waals surface area (Å²) < 4.78 is 5.16. The number of amides is 1. The lowest BCUT2D eigenvalue weighted by Gasteiger charge is -2.19. The zero-order valence-corrected chi connectivity index (χ0v) is 11.6. The lowest BCUT2D eigenvalue weighted by Crippen LogP contribution is -2.27. The number of carbonyl (C=O) groups excluding carboxylic acids is 1. The van der Waals surface area contributed by atoms with E-state index < -0.39 is 11.7 Å². The fourth-order valence-corrected chi connectivity index (χ4v) is 1.79. The Hall–Kier alpha value is -1.95. The van der Waals surface area contributed by atoms with E-state index in [2.05, 4.69) is 15.5 Å². The van der Waals surface area contributed by atoms with Gasteiger partial charge < -0.3 is 10.5 Å². The van der Waals surface area contributed by atoms with Crippen LogP contribution in [0.25, 0.3) is 10.9 Å². The van der Waals surface area contributed by atoms with Crippen LogP contribution in [0.5, 0.6) is 0 Å². The van der Waals surface area contributed by atoms with Gasteiger partial charge in [-0.3, -0.25) is 10.4 Å². The van der Waals surface area contributed by atoms with Crippen molar-refractivity contribution in [3.05, 3.63) is 17.3 Å². The summed E-state index contributed by atoms with van der Waals surface area (Å²) in [6.45, 7) is 5.37.